The Labute approximate surface area is 127 Å². The highest BCUT2D eigenvalue weighted by Crippen LogP contribution is 2.20. The molecular formula is C13H15N3O5S. The van der Waals surface area contributed by atoms with Crippen molar-refractivity contribution in [3.05, 3.63) is 36.0 Å². The molecule has 1 aromatic heterocycles. The van der Waals surface area contributed by atoms with Gasteiger partial charge in [0.1, 0.15) is 11.3 Å². The number of hydrogen-bond donors (Lipinski definition) is 2. The second kappa shape index (κ2) is 6.48. The molecule has 118 valence electrons. The van der Waals surface area contributed by atoms with E-state index in [4.69, 9.17) is 4.74 Å². The Kier molecular flexibility index (Phi) is 4.66. The van der Waals surface area contributed by atoms with E-state index in [1.807, 2.05) is 6.92 Å². The molecule has 0 spiro atoms. The van der Waals surface area contributed by atoms with Crippen LogP contribution in [-0.2, 0) is 14.8 Å². The van der Waals surface area contributed by atoms with Gasteiger partial charge in [0, 0.05) is 5.69 Å². The lowest BCUT2D eigenvalue weighted by Crippen LogP contribution is -2.17. The van der Waals surface area contributed by atoms with E-state index in [1.165, 1.54) is 0 Å². The van der Waals surface area contributed by atoms with Crippen molar-refractivity contribution in [3.63, 3.8) is 0 Å². The molecule has 0 atom stereocenters. The molecule has 2 aromatic rings. The summed E-state index contributed by atoms with van der Waals surface area (Å²) in [6.45, 7) is 2.37. The number of H-pyrrole nitrogens is 1. The van der Waals surface area contributed by atoms with E-state index in [0.717, 1.165) is 13.3 Å². The van der Waals surface area contributed by atoms with Crippen LogP contribution in [0.25, 0.3) is 0 Å². The molecule has 0 aliphatic heterocycles. The molecule has 9 heteroatoms. The molecule has 0 amide bonds. The van der Waals surface area contributed by atoms with Gasteiger partial charge in [-0.2, -0.15) is 13.5 Å². The van der Waals surface area contributed by atoms with Gasteiger partial charge in [0.15, 0.2) is 5.03 Å². The van der Waals surface area contributed by atoms with Crippen molar-refractivity contribution in [1.29, 1.82) is 0 Å². The van der Waals surface area contributed by atoms with Crippen LogP contribution in [0, 0.1) is 0 Å². The molecule has 0 saturated carbocycles. The van der Waals surface area contributed by atoms with Crippen LogP contribution in [0.1, 0.15) is 17.3 Å². The van der Waals surface area contributed by atoms with Crippen LogP contribution in [0.5, 0.6) is 5.75 Å². The first-order valence-electron chi connectivity index (χ1n) is 6.35. The number of rotatable bonds is 6. The Morgan fingerprint density at radius 2 is 2.00 bits per heavy atom. The van der Waals surface area contributed by atoms with Gasteiger partial charge in [0.05, 0.1) is 19.9 Å². The minimum absolute atomic E-state index is 0.166. The predicted molar refractivity (Wildman–Crippen MR) is 78.3 cm³/mol. The van der Waals surface area contributed by atoms with Gasteiger partial charge in [-0.15, -0.1) is 0 Å². The average molecular weight is 325 g/mol. The number of carbonyl (C=O) groups excluding carboxylic acids is 1. The van der Waals surface area contributed by atoms with Gasteiger partial charge in [-0.1, -0.05) is 0 Å². The molecule has 0 radical (unpaired) electrons. The van der Waals surface area contributed by atoms with E-state index >= 15 is 0 Å². The lowest BCUT2D eigenvalue weighted by Gasteiger charge is -2.08. The number of ether oxygens (including phenoxy) is 2. The van der Waals surface area contributed by atoms with Gasteiger partial charge >= 0.3 is 5.97 Å². The van der Waals surface area contributed by atoms with E-state index in [9.17, 15) is 13.2 Å². The van der Waals surface area contributed by atoms with Gasteiger partial charge in [-0.25, -0.2) is 4.79 Å². The summed E-state index contributed by atoms with van der Waals surface area (Å²) in [5.41, 5.74) is 0.162. The fourth-order valence-electron chi connectivity index (χ4n) is 1.73. The van der Waals surface area contributed by atoms with E-state index in [2.05, 4.69) is 19.7 Å². The monoisotopic (exact) mass is 325 g/mol. The number of hydrogen-bond acceptors (Lipinski definition) is 6. The second-order valence-corrected chi connectivity index (χ2v) is 5.79. The summed E-state index contributed by atoms with van der Waals surface area (Å²) < 4.78 is 36.7. The highest BCUT2D eigenvalue weighted by Gasteiger charge is 2.25. The maximum atomic E-state index is 12.3. The Morgan fingerprint density at radius 1 is 1.32 bits per heavy atom. The molecular weight excluding hydrogens is 310 g/mol. The number of carbonyl (C=O) groups is 1. The molecule has 0 saturated heterocycles. The highest BCUT2D eigenvalue weighted by atomic mass is 32.2. The van der Waals surface area contributed by atoms with Crippen molar-refractivity contribution in [1.82, 2.24) is 10.2 Å². The lowest BCUT2D eigenvalue weighted by molar-refractivity contribution is 0.0596. The van der Waals surface area contributed by atoms with Crippen molar-refractivity contribution in [3.8, 4) is 5.75 Å². The summed E-state index contributed by atoms with van der Waals surface area (Å²) in [7, 11) is -2.83. The summed E-state index contributed by atoms with van der Waals surface area (Å²) >= 11 is 0. The molecule has 1 heterocycles. The van der Waals surface area contributed by atoms with Crippen molar-refractivity contribution < 1.29 is 22.7 Å². The second-order valence-electron chi connectivity index (χ2n) is 4.17. The fraction of sp³-hybridized carbons (Fsp3) is 0.231. The number of benzene rings is 1. The van der Waals surface area contributed by atoms with Crippen LogP contribution < -0.4 is 9.46 Å². The van der Waals surface area contributed by atoms with Gasteiger partial charge in [0.2, 0.25) is 0 Å². The van der Waals surface area contributed by atoms with Crippen LogP contribution in [0.3, 0.4) is 0 Å². The molecule has 22 heavy (non-hydrogen) atoms. The Hall–Kier alpha value is -2.55. The van der Waals surface area contributed by atoms with Crippen molar-refractivity contribution in [2.75, 3.05) is 18.4 Å². The normalized spacial score (nSPS) is 11.0. The summed E-state index contributed by atoms with van der Waals surface area (Å²) in [5.74, 6) is -0.164. The molecule has 0 bridgehead atoms. The largest absolute Gasteiger partial charge is 0.494 e. The molecule has 0 fully saturated rings. The smallest absolute Gasteiger partial charge is 0.342 e. The third-order valence-corrected chi connectivity index (χ3v) is 4.05. The number of anilines is 1. The number of nitrogens with zero attached hydrogens (tertiary/aromatic N) is 1. The third kappa shape index (κ3) is 3.37. The predicted octanol–water partition coefficient (Wildman–Crippen LogP) is 1.40. The Balaban J connectivity index is 2.24. The summed E-state index contributed by atoms with van der Waals surface area (Å²) in [6, 6.07) is 6.37. The molecule has 2 N–H and O–H groups in total. The molecule has 0 unspecified atom stereocenters. The molecule has 0 aliphatic carbocycles. The fourth-order valence-corrected chi connectivity index (χ4v) is 2.87. The van der Waals surface area contributed by atoms with Crippen LogP contribution in [0.15, 0.2) is 35.5 Å². The van der Waals surface area contributed by atoms with Gasteiger partial charge in [-0.3, -0.25) is 9.82 Å². The Bertz CT molecular complexity index is 752. The van der Waals surface area contributed by atoms with Crippen LogP contribution in [-0.4, -0.2) is 38.3 Å². The number of sulfonamides is 1. The van der Waals surface area contributed by atoms with Crippen LogP contribution in [0.2, 0.25) is 0 Å². The third-order valence-electron chi connectivity index (χ3n) is 2.70. The molecule has 2 rings (SSSR count). The maximum Gasteiger partial charge on any atom is 0.342 e. The minimum Gasteiger partial charge on any atom is -0.494 e. The minimum atomic E-state index is -3.99. The Morgan fingerprint density at radius 3 is 2.59 bits per heavy atom. The van der Waals surface area contributed by atoms with E-state index in [1.54, 1.807) is 24.3 Å². The SMILES string of the molecule is CCOc1ccc(NS(=O)(=O)c2[nH]ncc2C(=O)OC)cc1. The quantitative estimate of drug-likeness (QED) is 0.777. The van der Waals surface area contributed by atoms with Gasteiger partial charge in [0.25, 0.3) is 10.0 Å². The van der Waals surface area contributed by atoms with E-state index < -0.39 is 16.0 Å². The first-order valence-corrected chi connectivity index (χ1v) is 7.83. The van der Waals surface area contributed by atoms with Crippen molar-refractivity contribution >= 4 is 21.7 Å². The first kappa shape index (κ1) is 15.8. The van der Waals surface area contributed by atoms with Crippen LogP contribution >= 0.6 is 0 Å². The zero-order valence-corrected chi connectivity index (χ0v) is 12.8. The summed E-state index contributed by atoms with van der Waals surface area (Å²) in [5, 5.41) is 5.51. The topological polar surface area (TPSA) is 110 Å². The standard InChI is InChI=1S/C13H15N3O5S/c1-3-21-10-6-4-9(5-7-10)16-22(18,19)12-11(8-14-15-12)13(17)20-2/h4-8,16H,3H2,1-2H3,(H,14,15). The number of nitrogens with one attached hydrogen (secondary N) is 2. The van der Waals surface area contributed by atoms with Crippen LogP contribution in [0.4, 0.5) is 5.69 Å². The van der Waals surface area contributed by atoms with Gasteiger partial charge in [-0.05, 0) is 31.2 Å². The van der Waals surface area contributed by atoms with E-state index in [0.29, 0.717) is 18.0 Å². The zero-order chi connectivity index (χ0) is 16.2. The number of methoxy groups -OCH3 is 1. The maximum absolute atomic E-state index is 12.3. The number of aromatic amines is 1. The number of aromatic nitrogens is 2. The molecule has 0 aliphatic rings. The highest BCUT2D eigenvalue weighted by molar-refractivity contribution is 7.92. The first-order chi connectivity index (χ1) is 10.5. The molecule has 1 aromatic carbocycles. The van der Waals surface area contributed by atoms with Crippen molar-refractivity contribution in [2.24, 2.45) is 0 Å². The van der Waals surface area contributed by atoms with Gasteiger partial charge < -0.3 is 9.47 Å². The summed E-state index contributed by atoms with van der Waals surface area (Å²) in [4.78, 5) is 11.5. The molecule has 8 nitrogen and oxygen atoms in total. The van der Waals surface area contributed by atoms with E-state index in [-0.39, 0.29) is 10.6 Å². The lowest BCUT2D eigenvalue weighted by atomic mass is 10.3. The van der Waals surface area contributed by atoms with Crippen molar-refractivity contribution in [2.45, 2.75) is 11.9 Å². The number of esters is 1. The average Bonchev–Trinajstić information content (AvgIpc) is 2.99. The summed E-state index contributed by atoms with van der Waals surface area (Å²) in [6.07, 6.45) is 1.10. The zero-order valence-electron chi connectivity index (χ0n) is 12.0.